The van der Waals surface area contributed by atoms with E-state index < -0.39 is 55.1 Å². The lowest BCUT2D eigenvalue weighted by Crippen LogP contribution is -2.54. The van der Waals surface area contributed by atoms with Crippen LogP contribution < -0.4 is 5.43 Å². The van der Waals surface area contributed by atoms with Gasteiger partial charge in [-0.2, -0.15) is 0 Å². The predicted octanol–water partition coefficient (Wildman–Crippen LogP) is 3.23. The summed E-state index contributed by atoms with van der Waals surface area (Å²) in [6.07, 6.45) is -3.09. The zero-order chi connectivity index (χ0) is 28.8. The normalized spacial score (nSPS) is 21.6. The van der Waals surface area contributed by atoms with Gasteiger partial charge in [0.05, 0.1) is 16.7 Å². The maximum absolute atomic E-state index is 13.1. The fourth-order valence-corrected chi connectivity index (χ4v) is 4.27. The van der Waals surface area contributed by atoms with Gasteiger partial charge in [0.25, 0.3) is 0 Å². The first-order valence-electron chi connectivity index (χ1n) is 12.5. The van der Waals surface area contributed by atoms with E-state index in [1.54, 1.807) is 66.7 Å². The Balaban J connectivity index is 1.46. The van der Waals surface area contributed by atoms with Crippen molar-refractivity contribution in [1.82, 2.24) is 15.5 Å². The average molecular weight is 559 g/mol. The number of rotatable bonds is 8. The molecule has 1 N–H and O–H groups in total. The zero-order valence-electron chi connectivity index (χ0n) is 21.4. The lowest BCUT2D eigenvalue weighted by Gasteiger charge is -2.37. The molecule has 0 aliphatic carbocycles. The number of hydroxylamine groups is 1. The molecule has 1 saturated heterocycles. The number of urea groups is 1. The molecule has 3 aromatic rings. The van der Waals surface area contributed by atoms with Crippen LogP contribution in [0, 0.1) is 5.21 Å². The highest BCUT2D eigenvalue weighted by Crippen LogP contribution is 2.32. The van der Waals surface area contributed by atoms with E-state index in [9.17, 15) is 24.4 Å². The van der Waals surface area contributed by atoms with E-state index >= 15 is 0 Å². The highest BCUT2D eigenvalue weighted by atomic mass is 16.7. The van der Waals surface area contributed by atoms with Gasteiger partial charge in [0.2, 0.25) is 0 Å². The molecule has 2 aliphatic rings. The van der Waals surface area contributed by atoms with Crippen LogP contribution in [-0.4, -0.2) is 65.2 Å². The fraction of sp³-hybridized carbons (Fsp3) is 0.172. The molecule has 2 heterocycles. The second-order valence-electron chi connectivity index (χ2n) is 8.95. The van der Waals surface area contributed by atoms with Crippen molar-refractivity contribution in [2.24, 2.45) is 0 Å². The summed E-state index contributed by atoms with van der Waals surface area (Å²) in [6.45, 7) is -0.413. The van der Waals surface area contributed by atoms with Gasteiger partial charge in [0.1, 0.15) is 12.7 Å². The molecule has 210 valence electrons. The van der Waals surface area contributed by atoms with Crippen LogP contribution in [0.1, 0.15) is 31.1 Å². The van der Waals surface area contributed by atoms with E-state index in [1.165, 1.54) is 24.3 Å². The highest BCUT2D eigenvalue weighted by Gasteiger charge is 2.53. The summed E-state index contributed by atoms with van der Waals surface area (Å²) in [4.78, 5) is 52.6. The third-order valence-electron chi connectivity index (χ3n) is 6.26. The molecule has 0 spiro atoms. The van der Waals surface area contributed by atoms with Crippen LogP contribution in [-0.2, 0) is 18.9 Å². The number of benzene rings is 3. The van der Waals surface area contributed by atoms with Crippen LogP contribution in [0.15, 0.2) is 103 Å². The van der Waals surface area contributed by atoms with Crippen molar-refractivity contribution in [3.8, 4) is 0 Å². The smallest absolute Gasteiger partial charge is 0.341 e. The number of amides is 2. The van der Waals surface area contributed by atoms with Crippen LogP contribution in [0.5, 0.6) is 0 Å². The lowest BCUT2D eigenvalue weighted by molar-refractivity contribution is -0.0751. The molecule has 12 nitrogen and oxygen atoms in total. The van der Waals surface area contributed by atoms with Gasteiger partial charge in [-0.3, -0.25) is 10.3 Å². The summed E-state index contributed by atoms with van der Waals surface area (Å²) in [5, 5.41) is 11.8. The van der Waals surface area contributed by atoms with E-state index in [-0.39, 0.29) is 21.9 Å². The van der Waals surface area contributed by atoms with Gasteiger partial charge in [0, 0.05) is 12.4 Å². The number of hydrogen-bond donors (Lipinski definition) is 1. The van der Waals surface area contributed by atoms with E-state index in [4.69, 9.17) is 18.9 Å². The van der Waals surface area contributed by atoms with Crippen LogP contribution in [0.25, 0.3) is 0 Å². The Morgan fingerprint density at radius 1 is 0.732 bits per heavy atom. The van der Waals surface area contributed by atoms with Gasteiger partial charge < -0.3 is 29.3 Å². The second-order valence-corrected chi connectivity index (χ2v) is 8.95. The standard InChI is InChI=1S/C29H24N3O9/c33-26(19-10-4-1-5-11-19)38-18-22-23(40-27(34)20-12-6-2-7-13-20)24(41-28(35)21-14-8-3-9-15-21)25(39-22)31-16-17-32(37)30-29(31)36/h1-17,22-25H,18H2,(H,30,36)/q-1/t22-,23-,24-,25+/m0/s1. The number of hydrazine groups is 1. The predicted molar refractivity (Wildman–Crippen MR) is 141 cm³/mol. The number of nitrogens with zero attached hydrogens (tertiary/aromatic N) is 2. The number of ether oxygens (including phenoxy) is 4. The van der Waals surface area contributed by atoms with Crippen molar-refractivity contribution < 1.29 is 38.1 Å². The minimum atomic E-state index is -1.38. The fourth-order valence-electron chi connectivity index (χ4n) is 4.27. The van der Waals surface area contributed by atoms with Crippen molar-refractivity contribution in [2.75, 3.05) is 6.61 Å². The molecule has 2 aliphatic heterocycles. The van der Waals surface area contributed by atoms with E-state index in [2.05, 4.69) is 0 Å². The summed E-state index contributed by atoms with van der Waals surface area (Å²) < 4.78 is 23.1. The first-order valence-corrected chi connectivity index (χ1v) is 12.5. The Morgan fingerprint density at radius 2 is 1.22 bits per heavy atom. The average Bonchev–Trinajstić information content (AvgIpc) is 3.33. The number of hydrogen-bond acceptors (Lipinski definition) is 10. The molecule has 1 fully saturated rings. The second kappa shape index (κ2) is 12.3. The third kappa shape index (κ3) is 6.35. The molecule has 0 radical (unpaired) electrons. The van der Waals surface area contributed by atoms with Crippen LogP contribution in [0.3, 0.4) is 0 Å². The third-order valence-corrected chi connectivity index (χ3v) is 6.26. The van der Waals surface area contributed by atoms with Gasteiger partial charge in [0.15, 0.2) is 18.4 Å². The number of esters is 3. The van der Waals surface area contributed by atoms with Crippen molar-refractivity contribution in [3.05, 3.63) is 125 Å². The molecule has 4 atom stereocenters. The molecule has 41 heavy (non-hydrogen) atoms. The Morgan fingerprint density at radius 3 is 1.73 bits per heavy atom. The molecular formula is C29H24N3O9-. The van der Waals surface area contributed by atoms with Gasteiger partial charge in [-0.25, -0.2) is 19.2 Å². The Bertz CT molecular complexity index is 1420. The molecule has 3 aromatic carbocycles. The van der Waals surface area contributed by atoms with Gasteiger partial charge in [-0.15, -0.1) is 0 Å². The largest absolute Gasteiger partial charge is 0.739 e. The number of carbonyl (C=O) groups excluding carboxylic acids is 4. The molecule has 0 saturated carbocycles. The monoisotopic (exact) mass is 558 g/mol. The summed E-state index contributed by atoms with van der Waals surface area (Å²) in [5.41, 5.74) is 2.73. The highest BCUT2D eigenvalue weighted by molar-refractivity contribution is 5.91. The molecule has 5 rings (SSSR count). The Hall–Kier alpha value is -5.20. The first kappa shape index (κ1) is 27.4. The van der Waals surface area contributed by atoms with E-state index in [0.29, 0.717) is 0 Å². The van der Waals surface area contributed by atoms with Gasteiger partial charge >= 0.3 is 23.9 Å². The SMILES string of the molecule is O=C(OC[C@@H]1O[C@@H](N2C=CN([O-])NC2=O)[C@@H](OC(=O)c2ccccc2)[C@H]1OC(=O)c1ccccc1)c1ccccc1. The quantitative estimate of drug-likeness (QED) is 0.323. The number of nitrogens with one attached hydrogen (secondary N) is 1. The molecular weight excluding hydrogens is 534 g/mol. The van der Waals surface area contributed by atoms with E-state index in [0.717, 1.165) is 17.3 Å². The first-order chi connectivity index (χ1) is 19.9. The maximum Gasteiger partial charge on any atom is 0.341 e. The maximum atomic E-state index is 13.1. The topological polar surface area (TPSA) is 147 Å². The minimum absolute atomic E-state index is 0.185. The van der Waals surface area contributed by atoms with Crippen molar-refractivity contribution in [2.45, 2.75) is 24.5 Å². The van der Waals surface area contributed by atoms with Crippen LogP contribution in [0.2, 0.25) is 0 Å². The molecule has 0 unspecified atom stereocenters. The summed E-state index contributed by atoms with van der Waals surface area (Å²) >= 11 is 0. The van der Waals surface area contributed by atoms with Crippen molar-refractivity contribution in [3.63, 3.8) is 0 Å². The number of carbonyl (C=O) groups is 4. The molecule has 12 heteroatoms. The lowest BCUT2D eigenvalue weighted by atomic mass is 10.1. The molecule has 0 bridgehead atoms. The summed E-state index contributed by atoms with van der Waals surface area (Å²) in [7, 11) is 0. The summed E-state index contributed by atoms with van der Waals surface area (Å²) in [6, 6.07) is 23.5. The molecule has 0 aromatic heterocycles. The van der Waals surface area contributed by atoms with Gasteiger partial charge in [-0.05, 0) is 36.4 Å². The van der Waals surface area contributed by atoms with Crippen LogP contribution in [0.4, 0.5) is 4.79 Å². The summed E-state index contributed by atoms with van der Waals surface area (Å²) in [5.74, 6) is -2.20. The zero-order valence-corrected chi connectivity index (χ0v) is 21.4. The van der Waals surface area contributed by atoms with Crippen molar-refractivity contribution in [1.29, 1.82) is 0 Å². The van der Waals surface area contributed by atoms with E-state index in [1.807, 2.05) is 5.43 Å². The van der Waals surface area contributed by atoms with Crippen LogP contribution >= 0.6 is 0 Å². The molecule has 2 amide bonds. The Kier molecular flexibility index (Phi) is 8.23. The van der Waals surface area contributed by atoms with Crippen molar-refractivity contribution >= 4 is 23.9 Å². The minimum Gasteiger partial charge on any atom is -0.739 e. The van der Waals surface area contributed by atoms with Gasteiger partial charge in [-0.1, -0.05) is 54.6 Å². The Labute approximate surface area is 234 Å².